The van der Waals surface area contributed by atoms with Crippen molar-refractivity contribution in [1.29, 1.82) is 0 Å². The fourth-order valence-electron chi connectivity index (χ4n) is 2.74. The van der Waals surface area contributed by atoms with Crippen LogP contribution in [0.3, 0.4) is 0 Å². The van der Waals surface area contributed by atoms with Crippen LogP contribution >= 0.6 is 0 Å². The van der Waals surface area contributed by atoms with E-state index >= 15 is 0 Å². The Kier molecular flexibility index (Phi) is 3.49. The number of nitrogens with one attached hydrogen (secondary N) is 1. The highest BCUT2D eigenvalue weighted by Gasteiger charge is 2.16. The molecule has 4 nitrogen and oxygen atoms in total. The zero-order valence-corrected chi connectivity index (χ0v) is 11.3. The molecule has 0 bridgehead atoms. The van der Waals surface area contributed by atoms with Crippen LogP contribution < -0.4 is 5.32 Å². The fraction of sp³-hybridized carbons (Fsp3) is 0.467. The molecule has 1 saturated carbocycles. The molecule has 2 heterocycles. The van der Waals surface area contributed by atoms with Gasteiger partial charge in [-0.3, -0.25) is 9.55 Å². The maximum Gasteiger partial charge on any atom is 0.207 e. The third-order valence-electron chi connectivity index (χ3n) is 3.85. The molecule has 3 rings (SSSR count). The highest BCUT2D eigenvalue weighted by molar-refractivity contribution is 5.45. The molecular weight excluding hydrogens is 236 g/mol. The van der Waals surface area contributed by atoms with Crippen LogP contribution in [0.4, 0.5) is 5.95 Å². The molecule has 0 amide bonds. The number of anilines is 1. The van der Waals surface area contributed by atoms with E-state index in [1.54, 1.807) is 0 Å². The molecule has 100 valence electrons. The number of rotatable bonds is 3. The number of imidazole rings is 1. The Hall–Kier alpha value is -1.84. The molecule has 4 heteroatoms. The summed E-state index contributed by atoms with van der Waals surface area (Å²) in [4.78, 5) is 8.66. The number of aromatic nitrogens is 3. The van der Waals surface area contributed by atoms with E-state index in [9.17, 15) is 0 Å². The van der Waals surface area contributed by atoms with Gasteiger partial charge in [0.1, 0.15) is 0 Å². The molecule has 0 radical (unpaired) electrons. The molecule has 1 aliphatic rings. The summed E-state index contributed by atoms with van der Waals surface area (Å²) >= 11 is 0. The molecular formula is C15H20N4. The largest absolute Gasteiger partial charge is 0.353 e. The maximum atomic E-state index is 4.45. The van der Waals surface area contributed by atoms with Crippen LogP contribution in [-0.4, -0.2) is 20.6 Å². The molecule has 1 fully saturated rings. The molecule has 19 heavy (non-hydrogen) atoms. The molecule has 0 unspecified atom stereocenters. The molecule has 0 spiro atoms. The summed E-state index contributed by atoms with van der Waals surface area (Å²) in [5.74, 6) is 0.933. The van der Waals surface area contributed by atoms with Gasteiger partial charge in [-0.2, -0.15) is 0 Å². The van der Waals surface area contributed by atoms with Crippen LogP contribution in [0, 0.1) is 6.92 Å². The first-order valence-electron chi connectivity index (χ1n) is 7.05. The van der Waals surface area contributed by atoms with Crippen molar-refractivity contribution in [3.63, 3.8) is 0 Å². The molecule has 0 saturated heterocycles. The molecule has 2 aromatic heterocycles. The fourth-order valence-corrected chi connectivity index (χ4v) is 2.74. The van der Waals surface area contributed by atoms with E-state index in [0.717, 1.165) is 11.6 Å². The van der Waals surface area contributed by atoms with Gasteiger partial charge in [0.25, 0.3) is 0 Å². The number of nitrogens with zero attached hydrogens (tertiary/aromatic N) is 3. The first kappa shape index (κ1) is 12.2. The lowest BCUT2D eigenvalue weighted by Crippen LogP contribution is -2.24. The minimum atomic E-state index is 0.562. The highest BCUT2D eigenvalue weighted by atomic mass is 15.2. The number of aryl methyl sites for hydroxylation is 1. The van der Waals surface area contributed by atoms with E-state index in [1.807, 2.05) is 30.9 Å². The lowest BCUT2D eigenvalue weighted by atomic mass is 9.96. The summed E-state index contributed by atoms with van der Waals surface area (Å²) in [6.45, 7) is 2.10. The average Bonchev–Trinajstić information content (AvgIpc) is 2.88. The van der Waals surface area contributed by atoms with Crippen molar-refractivity contribution in [1.82, 2.24) is 14.5 Å². The van der Waals surface area contributed by atoms with E-state index in [2.05, 4.69) is 26.8 Å². The molecule has 0 aromatic carbocycles. The van der Waals surface area contributed by atoms with Gasteiger partial charge in [0.05, 0.1) is 11.9 Å². The Morgan fingerprint density at radius 3 is 2.84 bits per heavy atom. The summed E-state index contributed by atoms with van der Waals surface area (Å²) in [6.07, 6.45) is 14.1. The second-order valence-electron chi connectivity index (χ2n) is 5.26. The summed E-state index contributed by atoms with van der Waals surface area (Å²) < 4.78 is 2.09. The number of hydrogen-bond acceptors (Lipinski definition) is 3. The van der Waals surface area contributed by atoms with Gasteiger partial charge in [0, 0.05) is 24.6 Å². The van der Waals surface area contributed by atoms with E-state index in [4.69, 9.17) is 0 Å². The predicted octanol–water partition coefficient (Wildman–Crippen LogP) is 3.32. The monoisotopic (exact) mass is 256 g/mol. The zero-order chi connectivity index (χ0) is 13.1. The van der Waals surface area contributed by atoms with E-state index < -0.39 is 0 Å². The summed E-state index contributed by atoms with van der Waals surface area (Å²) in [5.41, 5.74) is 2.30. The van der Waals surface area contributed by atoms with E-state index in [1.165, 1.54) is 37.7 Å². The van der Waals surface area contributed by atoms with Gasteiger partial charge in [-0.1, -0.05) is 19.3 Å². The lowest BCUT2D eigenvalue weighted by Gasteiger charge is -2.23. The van der Waals surface area contributed by atoms with Gasteiger partial charge in [0.2, 0.25) is 5.95 Å². The van der Waals surface area contributed by atoms with Crippen LogP contribution in [0.25, 0.3) is 5.69 Å². The summed E-state index contributed by atoms with van der Waals surface area (Å²) in [7, 11) is 0. The van der Waals surface area contributed by atoms with Crippen molar-refractivity contribution in [3.05, 3.63) is 36.4 Å². The summed E-state index contributed by atoms with van der Waals surface area (Å²) in [6, 6.07) is 2.59. The molecule has 2 aromatic rings. The van der Waals surface area contributed by atoms with Crippen LogP contribution in [0.5, 0.6) is 0 Å². The van der Waals surface area contributed by atoms with Gasteiger partial charge in [-0.15, -0.1) is 0 Å². The minimum absolute atomic E-state index is 0.562. The van der Waals surface area contributed by atoms with E-state index in [-0.39, 0.29) is 0 Å². The van der Waals surface area contributed by atoms with Gasteiger partial charge in [-0.05, 0) is 31.4 Å². The van der Waals surface area contributed by atoms with Gasteiger partial charge in [0.15, 0.2) is 0 Å². The SMILES string of the molecule is Cc1ccncc1-n1ccnc1NC1CCCCC1. The first-order valence-corrected chi connectivity index (χ1v) is 7.05. The van der Waals surface area contributed by atoms with Crippen LogP contribution in [0.1, 0.15) is 37.7 Å². The summed E-state index contributed by atoms with van der Waals surface area (Å²) in [5, 5.41) is 3.58. The third kappa shape index (κ3) is 2.62. The number of hydrogen-bond donors (Lipinski definition) is 1. The van der Waals surface area contributed by atoms with Gasteiger partial charge in [-0.25, -0.2) is 4.98 Å². The Balaban J connectivity index is 1.84. The Bertz CT molecular complexity index is 541. The van der Waals surface area contributed by atoms with Crippen molar-refractivity contribution in [2.24, 2.45) is 0 Å². The van der Waals surface area contributed by atoms with Crippen LogP contribution in [-0.2, 0) is 0 Å². The lowest BCUT2D eigenvalue weighted by molar-refractivity contribution is 0.460. The van der Waals surface area contributed by atoms with Gasteiger partial charge < -0.3 is 5.32 Å². The van der Waals surface area contributed by atoms with E-state index in [0.29, 0.717) is 6.04 Å². The molecule has 1 aliphatic carbocycles. The average molecular weight is 256 g/mol. The standard InChI is InChI=1S/C15H20N4/c1-12-7-8-16-11-14(12)19-10-9-17-15(19)18-13-5-3-2-4-6-13/h7-11,13H,2-6H2,1H3,(H,17,18). The predicted molar refractivity (Wildman–Crippen MR) is 76.6 cm³/mol. The maximum absolute atomic E-state index is 4.45. The topological polar surface area (TPSA) is 42.7 Å². The highest BCUT2D eigenvalue weighted by Crippen LogP contribution is 2.23. The Morgan fingerprint density at radius 2 is 2.05 bits per heavy atom. The minimum Gasteiger partial charge on any atom is -0.353 e. The molecule has 1 N–H and O–H groups in total. The number of pyridine rings is 1. The van der Waals surface area contributed by atoms with Crippen LogP contribution in [0.2, 0.25) is 0 Å². The zero-order valence-electron chi connectivity index (χ0n) is 11.3. The third-order valence-corrected chi connectivity index (χ3v) is 3.85. The first-order chi connectivity index (χ1) is 9.34. The normalized spacial score (nSPS) is 16.5. The smallest absolute Gasteiger partial charge is 0.207 e. The van der Waals surface area contributed by atoms with Crippen molar-refractivity contribution in [2.75, 3.05) is 5.32 Å². The van der Waals surface area contributed by atoms with Crippen molar-refractivity contribution in [3.8, 4) is 5.69 Å². The van der Waals surface area contributed by atoms with Gasteiger partial charge >= 0.3 is 0 Å². The second kappa shape index (κ2) is 5.43. The Labute approximate surface area is 113 Å². The van der Waals surface area contributed by atoms with Crippen LogP contribution in [0.15, 0.2) is 30.9 Å². The Morgan fingerprint density at radius 1 is 1.21 bits per heavy atom. The quantitative estimate of drug-likeness (QED) is 0.916. The second-order valence-corrected chi connectivity index (χ2v) is 5.26. The molecule has 0 atom stereocenters. The van der Waals surface area contributed by atoms with Crippen molar-refractivity contribution >= 4 is 5.95 Å². The molecule has 0 aliphatic heterocycles. The van der Waals surface area contributed by atoms with Crippen molar-refractivity contribution < 1.29 is 0 Å². The van der Waals surface area contributed by atoms with Crippen molar-refractivity contribution in [2.45, 2.75) is 45.1 Å².